The van der Waals surface area contributed by atoms with E-state index < -0.39 is 0 Å². The Morgan fingerprint density at radius 3 is 2.62 bits per heavy atom. The molecule has 0 bridgehead atoms. The number of nitrogens with zero attached hydrogens (tertiary/aromatic N) is 1. The van der Waals surface area contributed by atoms with E-state index >= 15 is 0 Å². The van der Waals surface area contributed by atoms with E-state index in [1.165, 1.54) is 0 Å². The van der Waals surface area contributed by atoms with Gasteiger partial charge in [-0.25, -0.2) is 0 Å². The van der Waals surface area contributed by atoms with Crippen molar-refractivity contribution in [2.45, 2.75) is 45.4 Å². The summed E-state index contributed by atoms with van der Waals surface area (Å²) in [5, 5.41) is 0. The van der Waals surface area contributed by atoms with Crippen LogP contribution in [0.2, 0.25) is 0 Å². The fraction of sp³-hybridized carbons (Fsp3) is 1.00. The van der Waals surface area contributed by atoms with Crippen molar-refractivity contribution < 1.29 is 4.74 Å². The third-order valence-electron chi connectivity index (χ3n) is 2.35. The van der Waals surface area contributed by atoms with E-state index in [0.717, 1.165) is 19.7 Å². The van der Waals surface area contributed by atoms with Gasteiger partial charge in [0.2, 0.25) is 0 Å². The Bertz CT molecular complexity index is 165. The predicted octanol–water partition coefficient (Wildman–Crippen LogP) is 0.833. The minimum Gasteiger partial charge on any atom is -0.376 e. The molecule has 0 radical (unpaired) electrons. The molecule has 1 rings (SSSR count). The van der Waals surface area contributed by atoms with Crippen molar-refractivity contribution >= 4 is 0 Å². The molecule has 1 aliphatic heterocycles. The van der Waals surface area contributed by atoms with Crippen LogP contribution in [0.5, 0.6) is 0 Å². The first-order valence-corrected chi connectivity index (χ1v) is 5.03. The predicted molar refractivity (Wildman–Crippen MR) is 54.7 cm³/mol. The molecule has 2 atom stereocenters. The van der Waals surface area contributed by atoms with Crippen molar-refractivity contribution in [1.82, 2.24) is 4.90 Å². The average molecular weight is 186 g/mol. The summed E-state index contributed by atoms with van der Waals surface area (Å²) in [4.78, 5) is 2.41. The van der Waals surface area contributed by atoms with Crippen LogP contribution in [0, 0.1) is 0 Å². The molecule has 0 spiro atoms. The largest absolute Gasteiger partial charge is 0.376 e. The van der Waals surface area contributed by atoms with Gasteiger partial charge in [-0.15, -0.1) is 0 Å². The molecule has 0 amide bonds. The van der Waals surface area contributed by atoms with Crippen molar-refractivity contribution in [3.8, 4) is 0 Å². The van der Waals surface area contributed by atoms with Crippen molar-refractivity contribution in [2.75, 3.05) is 19.7 Å². The number of ether oxygens (including phenoxy) is 1. The Hall–Kier alpha value is -0.120. The summed E-state index contributed by atoms with van der Waals surface area (Å²) >= 11 is 0. The molecule has 13 heavy (non-hydrogen) atoms. The second-order valence-electron chi connectivity index (χ2n) is 4.91. The SMILES string of the molecule is CC1CN(CC(C)(C)N)C(C)CO1. The molecule has 0 aromatic rings. The van der Waals surface area contributed by atoms with Crippen LogP contribution in [0.1, 0.15) is 27.7 Å². The van der Waals surface area contributed by atoms with Gasteiger partial charge in [-0.05, 0) is 27.7 Å². The van der Waals surface area contributed by atoms with E-state index in [-0.39, 0.29) is 5.54 Å². The topological polar surface area (TPSA) is 38.5 Å². The summed E-state index contributed by atoms with van der Waals surface area (Å²) < 4.78 is 5.55. The molecule has 0 saturated carbocycles. The maximum absolute atomic E-state index is 5.99. The van der Waals surface area contributed by atoms with E-state index in [1.54, 1.807) is 0 Å². The molecule has 78 valence electrons. The summed E-state index contributed by atoms with van der Waals surface area (Å²) in [7, 11) is 0. The lowest BCUT2D eigenvalue weighted by molar-refractivity contribution is -0.0543. The lowest BCUT2D eigenvalue weighted by atomic mass is 10.0. The van der Waals surface area contributed by atoms with Gasteiger partial charge in [-0.3, -0.25) is 4.90 Å². The Kier molecular flexibility index (Phi) is 3.33. The van der Waals surface area contributed by atoms with Gasteiger partial charge in [0, 0.05) is 24.7 Å². The molecule has 1 heterocycles. The molecule has 2 N–H and O–H groups in total. The molecule has 0 aromatic carbocycles. The summed E-state index contributed by atoms with van der Waals surface area (Å²) in [6.07, 6.45) is 0.346. The van der Waals surface area contributed by atoms with Gasteiger partial charge in [0.25, 0.3) is 0 Å². The lowest BCUT2D eigenvalue weighted by Crippen LogP contribution is -2.54. The number of hydrogen-bond donors (Lipinski definition) is 1. The standard InChI is InChI=1S/C10H22N2O/c1-8-6-13-9(2)5-12(8)7-10(3,4)11/h8-9H,5-7,11H2,1-4H3. The third kappa shape index (κ3) is 3.63. The van der Waals surface area contributed by atoms with Crippen molar-refractivity contribution in [3.63, 3.8) is 0 Å². The molecule has 1 aliphatic rings. The molecular formula is C10H22N2O. The van der Waals surface area contributed by atoms with E-state index in [4.69, 9.17) is 10.5 Å². The molecule has 1 saturated heterocycles. The fourth-order valence-electron chi connectivity index (χ4n) is 1.72. The van der Waals surface area contributed by atoms with Crippen LogP contribution in [0.25, 0.3) is 0 Å². The van der Waals surface area contributed by atoms with Gasteiger partial charge in [-0.2, -0.15) is 0 Å². The fourth-order valence-corrected chi connectivity index (χ4v) is 1.72. The van der Waals surface area contributed by atoms with Crippen LogP contribution < -0.4 is 5.73 Å². The Morgan fingerprint density at radius 2 is 2.08 bits per heavy atom. The zero-order chi connectivity index (χ0) is 10.1. The molecule has 1 fully saturated rings. The Balaban J connectivity index is 2.47. The van der Waals surface area contributed by atoms with Crippen LogP contribution >= 0.6 is 0 Å². The molecule has 2 unspecified atom stereocenters. The van der Waals surface area contributed by atoms with Gasteiger partial charge < -0.3 is 10.5 Å². The van der Waals surface area contributed by atoms with E-state index in [1.807, 2.05) is 0 Å². The Morgan fingerprint density at radius 1 is 1.46 bits per heavy atom. The van der Waals surface area contributed by atoms with Gasteiger partial charge in [0.15, 0.2) is 0 Å². The Labute approximate surface area is 81.2 Å². The third-order valence-corrected chi connectivity index (χ3v) is 2.35. The van der Waals surface area contributed by atoms with Crippen LogP contribution in [0.15, 0.2) is 0 Å². The summed E-state index contributed by atoms with van der Waals surface area (Å²) in [5.41, 5.74) is 5.89. The highest BCUT2D eigenvalue weighted by Crippen LogP contribution is 2.13. The van der Waals surface area contributed by atoms with E-state index in [9.17, 15) is 0 Å². The van der Waals surface area contributed by atoms with Gasteiger partial charge in [0.1, 0.15) is 0 Å². The molecular weight excluding hydrogens is 164 g/mol. The molecule has 0 aliphatic carbocycles. The van der Waals surface area contributed by atoms with Crippen molar-refractivity contribution in [2.24, 2.45) is 5.73 Å². The van der Waals surface area contributed by atoms with Gasteiger partial charge in [-0.1, -0.05) is 0 Å². The van der Waals surface area contributed by atoms with Crippen LogP contribution in [0.4, 0.5) is 0 Å². The van der Waals surface area contributed by atoms with Crippen LogP contribution in [-0.2, 0) is 4.74 Å². The molecule has 3 nitrogen and oxygen atoms in total. The van der Waals surface area contributed by atoms with E-state index in [2.05, 4.69) is 32.6 Å². The average Bonchev–Trinajstić information content (AvgIpc) is 1.94. The first-order valence-electron chi connectivity index (χ1n) is 5.03. The zero-order valence-corrected chi connectivity index (χ0v) is 9.21. The highest BCUT2D eigenvalue weighted by molar-refractivity contribution is 4.83. The summed E-state index contributed by atoms with van der Waals surface area (Å²) in [5.74, 6) is 0. The van der Waals surface area contributed by atoms with Gasteiger partial charge >= 0.3 is 0 Å². The molecule has 0 aromatic heterocycles. The number of rotatable bonds is 2. The highest BCUT2D eigenvalue weighted by Gasteiger charge is 2.26. The second kappa shape index (κ2) is 3.95. The highest BCUT2D eigenvalue weighted by atomic mass is 16.5. The van der Waals surface area contributed by atoms with Gasteiger partial charge in [0.05, 0.1) is 12.7 Å². The van der Waals surface area contributed by atoms with Crippen molar-refractivity contribution in [1.29, 1.82) is 0 Å². The maximum atomic E-state index is 5.99. The summed E-state index contributed by atoms with van der Waals surface area (Å²) in [6, 6.07) is 0.499. The quantitative estimate of drug-likeness (QED) is 0.694. The normalized spacial score (nSPS) is 32.1. The van der Waals surface area contributed by atoms with E-state index in [0.29, 0.717) is 12.1 Å². The lowest BCUT2D eigenvalue weighted by Gasteiger charge is -2.40. The number of nitrogens with two attached hydrogens (primary N) is 1. The number of hydrogen-bond acceptors (Lipinski definition) is 3. The maximum Gasteiger partial charge on any atom is 0.0674 e. The minimum atomic E-state index is -0.106. The first kappa shape index (κ1) is 11.0. The minimum absolute atomic E-state index is 0.106. The van der Waals surface area contributed by atoms with Crippen molar-refractivity contribution in [3.05, 3.63) is 0 Å². The summed E-state index contributed by atoms with van der Waals surface area (Å²) in [6.45, 7) is 11.2. The number of morpholine rings is 1. The second-order valence-corrected chi connectivity index (χ2v) is 4.91. The van der Waals surface area contributed by atoms with Crippen LogP contribution in [-0.4, -0.2) is 42.3 Å². The van der Waals surface area contributed by atoms with Crippen LogP contribution in [0.3, 0.4) is 0 Å². The monoisotopic (exact) mass is 186 g/mol. The smallest absolute Gasteiger partial charge is 0.0674 e. The first-order chi connectivity index (χ1) is 5.88. The molecule has 3 heteroatoms. The zero-order valence-electron chi connectivity index (χ0n) is 9.21.